The van der Waals surface area contributed by atoms with E-state index in [4.69, 9.17) is 0 Å². The van der Waals surface area contributed by atoms with Gasteiger partial charge in [0.15, 0.2) is 0 Å². The van der Waals surface area contributed by atoms with Gasteiger partial charge in [-0.2, -0.15) is 0 Å². The van der Waals surface area contributed by atoms with Gasteiger partial charge < -0.3 is 4.90 Å². The number of hydrogen-bond acceptors (Lipinski definition) is 1. The summed E-state index contributed by atoms with van der Waals surface area (Å²) in [5.74, 6) is 0. The van der Waals surface area contributed by atoms with Crippen LogP contribution in [-0.4, -0.2) is 0 Å². The molecule has 3 aromatic carbocycles. The van der Waals surface area contributed by atoms with Gasteiger partial charge in [-0.05, 0) is 103 Å². The van der Waals surface area contributed by atoms with Crippen molar-refractivity contribution in [2.24, 2.45) is 0 Å². The van der Waals surface area contributed by atoms with Gasteiger partial charge in [-0.15, -0.1) is 0 Å². The summed E-state index contributed by atoms with van der Waals surface area (Å²) < 4.78 is 0. The van der Waals surface area contributed by atoms with Crippen LogP contribution in [0.2, 0.25) is 0 Å². The molecule has 0 spiro atoms. The molecular weight excluding hydrogens is 591 g/mol. The highest BCUT2D eigenvalue weighted by Gasteiger charge is 2.14. The maximum atomic E-state index is 2.34. The molecule has 0 N–H and O–H groups in total. The van der Waals surface area contributed by atoms with Crippen molar-refractivity contribution in [3.8, 4) is 66.8 Å². The number of hydrogen-bond donors (Lipinski definition) is 0. The number of anilines is 3. The molecule has 0 aromatic heterocycles. The monoisotopic (exact) mass is 623 g/mol. The zero-order valence-corrected chi connectivity index (χ0v) is 27.0. The van der Waals surface area contributed by atoms with Crippen LogP contribution in [0.5, 0.6) is 0 Å². The molecule has 3 aromatic rings. The van der Waals surface area contributed by atoms with E-state index < -0.39 is 0 Å². The largest absolute Gasteiger partial charge is 0.311 e. The van der Waals surface area contributed by atoms with Gasteiger partial charge in [-0.25, -0.2) is 0 Å². The lowest BCUT2D eigenvalue weighted by Gasteiger charge is -2.26. The highest BCUT2D eigenvalue weighted by molar-refractivity contribution is 5.82. The minimum atomic E-state index is 1.11. The average Bonchev–Trinajstić information content (AvgIpc) is 3.82. The van der Waals surface area contributed by atoms with Crippen molar-refractivity contribution >= 4 is 17.1 Å². The van der Waals surface area contributed by atoms with Crippen molar-refractivity contribution in [3.05, 3.63) is 200 Å². The Hall–Kier alpha value is -6.44. The van der Waals surface area contributed by atoms with E-state index >= 15 is 0 Å². The van der Waals surface area contributed by atoms with Crippen molar-refractivity contribution < 1.29 is 0 Å². The zero-order valence-electron chi connectivity index (χ0n) is 27.0. The fourth-order valence-corrected chi connectivity index (χ4v) is 6.93. The predicted molar refractivity (Wildman–Crippen MR) is 207 cm³/mol. The summed E-state index contributed by atoms with van der Waals surface area (Å²) in [7, 11) is 0. The number of benzene rings is 3. The molecule has 49 heavy (non-hydrogen) atoms. The molecule has 6 aliphatic carbocycles. The zero-order chi connectivity index (χ0) is 32.6. The van der Waals surface area contributed by atoms with Crippen molar-refractivity contribution in [2.75, 3.05) is 4.90 Å². The molecule has 0 fully saturated rings. The van der Waals surface area contributed by atoms with Crippen molar-refractivity contribution in [3.63, 3.8) is 0 Å². The molecule has 0 aliphatic heterocycles. The predicted octanol–water partition coefficient (Wildman–Crippen LogP) is 13.5. The smallest absolute Gasteiger partial charge is 0.0462 e. The third kappa shape index (κ3) is 5.62. The molecule has 0 heterocycles. The van der Waals surface area contributed by atoms with E-state index in [0.29, 0.717) is 0 Å². The first kappa shape index (κ1) is 28.8. The van der Waals surface area contributed by atoms with Gasteiger partial charge in [-0.1, -0.05) is 164 Å². The van der Waals surface area contributed by atoms with Crippen molar-refractivity contribution in [1.82, 2.24) is 0 Å². The molecule has 0 atom stereocenters. The highest BCUT2D eigenvalue weighted by Crippen LogP contribution is 2.38. The maximum absolute atomic E-state index is 2.34. The molecule has 0 radical (unpaired) electrons. The Balaban J connectivity index is 1.08. The number of rotatable bonds is 6. The Morgan fingerprint density at radius 1 is 0.163 bits per heavy atom. The summed E-state index contributed by atoms with van der Waals surface area (Å²) in [6, 6.07) is 72.6. The van der Waals surface area contributed by atoms with E-state index in [1.165, 1.54) is 66.8 Å². The Labute approximate surface area is 288 Å². The minimum Gasteiger partial charge on any atom is -0.311 e. The van der Waals surface area contributed by atoms with Gasteiger partial charge in [0.1, 0.15) is 0 Å². The standard InChI is InChI=1S/C48H33N/c1-4-34-10-16-40(17-11-35(34)5-1)43-22-28-46(29-23-43)49(47-30-24-44(25-31-47)41-18-12-36-6-2-7-37(36)13-19-41)48-32-26-45(27-33-48)42-20-14-38-8-3-9-39(38)15-21-42/h1-33H. The number of nitrogens with zero attached hydrogens (tertiary/aromatic N) is 1. The molecule has 0 saturated carbocycles. The van der Waals surface area contributed by atoms with Crippen LogP contribution in [0.3, 0.4) is 0 Å². The summed E-state index contributed by atoms with van der Waals surface area (Å²) in [5, 5.41) is 0. The lowest BCUT2D eigenvalue weighted by Crippen LogP contribution is -2.09. The molecule has 0 unspecified atom stereocenters. The lowest BCUT2D eigenvalue weighted by molar-refractivity contribution is 1.28. The van der Waals surface area contributed by atoms with Crippen LogP contribution in [0.25, 0.3) is 66.8 Å². The summed E-state index contributed by atoms with van der Waals surface area (Å²) in [6.45, 7) is 0. The van der Waals surface area contributed by atoms with Crippen LogP contribution in [0.15, 0.2) is 200 Å². The normalized spacial score (nSPS) is 11.3. The molecule has 1 heteroatoms. The first-order chi connectivity index (χ1) is 24.2. The third-order valence-electron chi connectivity index (χ3n) is 9.69. The van der Waals surface area contributed by atoms with Crippen LogP contribution >= 0.6 is 0 Å². The van der Waals surface area contributed by atoms with Gasteiger partial charge in [-0.3, -0.25) is 0 Å². The van der Waals surface area contributed by atoms with Crippen LogP contribution < -0.4 is 4.90 Å². The first-order valence-corrected chi connectivity index (χ1v) is 16.8. The molecule has 0 saturated heterocycles. The van der Waals surface area contributed by atoms with E-state index in [9.17, 15) is 0 Å². The minimum absolute atomic E-state index is 1.11. The SMILES string of the molecule is c1cc2ccc(-c3ccc(N(c4ccc(-c5ccc6cccc-6cc5)cc4)c4ccc(-c5ccc6cccc-6cc5)cc4)cc3)ccc-2c1. The second-order valence-corrected chi connectivity index (χ2v) is 12.7. The van der Waals surface area contributed by atoms with E-state index in [2.05, 4.69) is 205 Å². The second kappa shape index (κ2) is 12.3. The van der Waals surface area contributed by atoms with Gasteiger partial charge >= 0.3 is 0 Å². The van der Waals surface area contributed by atoms with E-state index in [-0.39, 0.29) is 0 Å². The Bertz CT molecular complexity index is 2050. The third-order valence-corrected chi connectivity index (χ3v) is 9.69. The molecule has 230 valence electrons. The fourth-order valence-electron chi connectivity index (χ4n) is 6.93. The first-order valence-electron chi connectivity index (χ1n) is 16.8. The molecule has 1 nitrogen and oxygen atoms in total. The van der Waals surface area contributed by atoms with Crippen molar-refractivity contribution in [2.45, 2.75) is 0 Å². The topological polar surface area (TPSA) is 3.24 Å². The fraction of sp³-hybridized carbons (Fsp3) is 0. The summed E-state index contributed by atoms with van der Waals surface area (Å²) in [4.78, 5) is 2.34. The van der Waals surface area contributed by atoms with Gasteiger partial charge in [0.2, 0.25) is 0 Å². The van der Waals surface area contributed by atoms with E-state index in [1.54, 1.807) is 0 Å². The van der Waals surface area contributed by atoms with Gasteiger partial charge in [0, 0.05) is 17.1 Å². The molecule has 0 amide bonds. The van der Waals surface area contributed by atoms with Gasteiger partial charge in [0.25, 0.3) is 0 Å². The quantitative estimate of drug-likeness (QED) is 0.178. The molecule has 9 rings (SSSR count). The van der Waals surface area contributed by atoms with E-state index in [1.807, 2.05) is 0 Å². The Morgan fingerprint density at radius 2 is 0.306 bits per heavy atom. The molecule has 6 aliphatic rings. The van der Waals surface area contributed by atoms with Crippen molar-refractivity contribution in [1.29, 1.82) is 0 Å². The summed E-state index contributed by atoms with van der Waals surface area (Å²) in [5.41, 5.74) is 18.1. The molecular formula is C48H33N. The highest BCUT2D eigenvalue weighted by atomic mass is 15.1. The van der Waals surface area contributed by atoms with Crippen LogP contribution in [0.1, 0.15) is 0 Å². The summed E-state index contributed by atoms with van der Waals surface area (Å²) in [6.07, 6.45) is 0. The average molecular weight is 624 g/mol. The second-order valence-electron chi connectivity index (χ2n) is 12.7. The van der Waals surface area contributed by atoms with E-state index in [0.717, 1.165) is 17.1 Å². The van der Waals surface area contributed by atoms with Crippen LogP contribution in [-0.2, 0) is 0 Å². The van der Waals surface area contributed by atoms with Crippen LogP contribution in [0, 0.1) is 0 Å². The van der Waals surface area contributed by atoms with Gasteiger partial charge in [0.05, 0.1) is 0 Å². The lowest BCUT2D eigenvalue weighted by atomic mass is 10.0. The maximum Gasteiger partial charge on any atom is 0.0462 e. The summed E-state index contributed by atoms with van der Waals surface area (Å²) >= 11 is 0. The Morgan fingerprint density at radius 3 is 0.490 bits per heavy atom. The van der Waals surface area contributed by atoms with Crippen LogP contribution in [0.4, 0.5) is 17.1 Å². The molecule has 0 bridgehead atoms. The Kier molecular flexibility index (Phi) is 7.22. The number of fused-ring (bicyclic) bond motifs is 3.